The van der Waals surface area contributed by atoms with Crippen LogP contribution in [0.5, 0.6) is 0 Å². The van der Waals surface area contributed by atoms with Gasteiger partial charge in [0.05, 0.1) is 33.4 Å². The van der Waals surface area contributed by atoms with Gasteiger partial charge in [0, 0.05) is 11.8 Å². The van der Waals surface area contributed by atoms with Crippen LogP contribution in [0.15, 0.2) is 45.3 Å². The fourth-order valence-corrected chi connectivity index (χ4v) is 6.60. The standard InChI is InChI=1S/C23H16Cl2FN5O5S3/c24-13-5-15(26)17(6-14(13)25)29-20-12-4-10(1-2-16(12)27-9-28-20)3-11(32)8-37-22-30-31-23(39-22)38-18(21(35)36)7-19(33)34/h1-2,4-6,9,18H,3,7-8H2,(H,33,34)(H,35,36)(H,27,28,29). The van der Waals surface area contributed by atoms with Gasteiger partial charge >= 0.3 is 11.9 Å². The van der Waals surface area contributed by atoms with Crippen LogP contribution in [-0.2, 0) is 20.8 Å². The molecule has 2 aromatic carbocycles. The minimum Gasteiger partial charge on any atom is -0.481 e. The number of aliphatic carboxylic acids is 2. The molecule has 0 radical (unpaired) electrons. The van der Waals surface area contributed by atoms with E-state index in [0.29, 0.717) is 31.0 Å². The number of hydrogen-bond donors (Lipinski definition) is 3. The van der Waals surface area contributed by atoms with E-state index in [1.807, 2.05) is 0 Å². The smallest absolute Gasteiger partial charge is 0.317 e. The van der Waals surface area contributed by atoms with Crippen LogP contribution in [0.25, 0.3) is 10.9 Å². The molecule has 16 heteroatoms. The van der Waals surface area contributed by atoms with Crippen LogP contribution in [0.4, 0.5) is 15.9 Å². The number of carbonyl (C=O) groups excluding carboxylic acids is 1. The Hall–Kier alpha value is -3.04. The van der Waals surface area contributed by atoms with Gasteiger partial charge in [-0.1, -0.05) is 64.1 Å². The number of fused-ring (bicyclic) bond motifs is 1. The van der Waals surface area contributed by atoms with Gasteiger partial charge < -0.3 is 15.5 Å². The maximum atomic E-state index is 14.4. The van der Waals surface area contributed by atoms with Crippen molar-refractivity contribution in [2.45, 2.75) is 26.8 Å². The SMILES string of the molecule is O=C(O)CC(Sc1nnc(SCC(=O)Cc2ccc3ncnc(Nc4cc(Cl)c(Cl)cc4F)c3c2)s1)C(=O)O. The van der Waals surface area contributed by atoms with Crippen molar-refractivity contribution < 1.29 is 29.0 Å². The Morgan fingerprint density at radius 3 is 2.54 bits per heavy atom. The van der Waals surface area contributed by atoms with Gasteiger partial charge in [-0.3, -0.25) is 14.4 Å². The summed E-state index contributed by atoms with van der Waals surface area (Å²) < 4.78 is 15.1. The zero-order valence-electron chi connectivity index (χ0n) is 19.4. The Balaban J connectivity index is 1.41. The summed E-state index contributed by atoms with van der Waals surface area (Å²) in [7, 11) is 0. The number of carbonyl (C=O) groups is 3. The van der Waals surface area contributed by atoms with E-state index in [0.717, 1.165) is 40.9 Å². The van der Waals surface area contributed by atoms with Crippen molar-refractivity contribution in [3.63, 3.8) is 0 Å². The van der Waals surface area contributed by atoms with Crippen LogP contribution in [0.3, 0.4) is 0 Å². The molecule has 0 fully saturated rings. The molecule has 0 aliphatic heterocycles. The molecule has 1 unspecified atom stereocenters. The van der Waals surface area contributed by atoms with Crippen molar-refractivity contribution in [2.24, 2.45) is 0 Å². The van der Waals surface area contributed by atoms with Gasteiger partial charge in [0.2, 0.25) is 0 Å². The van der Waals surface area contributed by atoms with Crippen LogP contribution in [0.1, 0.15) is 12.0 Å². The summed E-state index contributed by atoms with van der Waals surface area (Å²) in [4.78, 5) is 43.2. The summed E-state index contributed by atoms with van der Waals surface area (Å²) in [5.74, 6) is -2.81. The number of ketones is 1. The molecular formula is C23H16Cl2FN5O5S3. The van der Waals surface area contributed by atoms with E-state index in [-0.39, 0.29) is 33.7 Å². The number of rotatable bonds is 12. The number of halogens is 3. The summed E-state index contributed by atoms with van der Waals surface area (Å²) in [5, 5.41) is 28.4. The van der Waals surface area contributed by atoms with Gasteiger partial charge in [0.1, 0.15) is 29.0 Å². The normalized spacial score (nSPS) is 11.9. The van der Waals surface area contributed by atoms with Crippen molar-refractivity contribution in [2.75, 3.05) is 11.1 Å². The number of nitrogens with zero attached hydrogens (tertiary/aromatic N) is 4. The molecule has 1 atom stereocenters. The third kappa shape index (κ3) is 7.76. The molecule has 202 valence electrons. The van der Waals surface area contributed by atoms with E-state index >= 15 is 0 Å². The zero-order valence-corrected chi connectivity index (χ0v) is 23.4. The number of anilines is 2. The van der Waals surface area contributed by atoms with Crippen molar-refractivity contribution in [1.29, 1.82) is 0 Å². The van der Waals surface area contributed by atoms with Gasteiger partial charge in [0.15, 0.2) is 8.68 Å². The first-order chi connectivity index (χ1) is 18.6. The van der Waals surface area contributed by atoms with E-state index in [1.165, 1.54) is 12.4 Å². The molecule has 0 amide bonds. The molecule has 0 saturated heterocycles. The van der Waals surface area contributed by atoms with E-state index in [1.54, 1.807) is 18.2 Å². The number of hydrogen-bond acceptors (Lipinski definition) is 11. The van der Waals surface area contributed by atoms with E-state index in [9.17, 15) is 23.9 Å². The second kappa shape index (κ2) is 12.9. The molecule has 3 N–H and O–H groups in total. The Morgan fingerprint density at radius 1 is 1.05 bits per heavy atom. The summed E-state index contributed by atoms with van der Waals surface area (Å²) in [5.41, 5.74) is 1.35. The van der Waals surface area contributed by atoms with Gasteiger partial charge in [-0.05, 0) is 29.8 Å². The average Bonchev–Trinajstić information content (AvgIpc) is 3.33. The van der Waals surface area contributed by atoms with Gasteiger partial charge in [0.25, 0.3) is 0 Å². The molecule has 0 aliphatic carbocycles. The third-order valence-electron chi connectivity index (χ3n) is 4.99. The maximum absolute atomic E-state index is 14.4. The van der Waals surface area contributed by atoms with Gasteiger partial charge in [-0.25, -0.2) is 14.4 Å². The summed E-state index contributed by atoms with van der Waals surface area (Å²) in [6.45, 7) is 0. The third-order valence-corrected chi connectivity index (χ3v) is 9.10. The number of Topliss-reactive ketones (excluding diaryl/α,β-unsaturated/α-hetero) is 1. The summed E-state index contributed by atoms with van der Waals surface area (Å²) >= 11 is 14.9. The average molecular weight is 629 g/mol. The molecule has 0 aliphatic rings. The maximum Gasteiger partial charge on any atom is 0.317 e. The Kier molecular flexibility index (Phi) is 9.56. The lowest BCUT2D eigenvalue weighted by atomic mass is 10.1. The van der Waals surface area contributed by atoms with Crippen LogP contribution in [0.2, 0.25) is 10.0 Å². The van der Waals surface area contributed by atoms with Crippen molar-refractivity contribution in [1.82, 2.24) is 20.2 Å². The molecule has 10 nitrogen and oxygen atoms in total. The van der Waals surface area contributed by atoms with E-state index in [4.69, 9.17) is 28.3 Å². The monoisotopic (exact) mass is 627 g/mol. The number of aromatic nitrogens is 4. The molecule has 2 heterocycles. The number of nitrogens with one attached hydrogen (secondary N) is 1. The van der Waals surface area contributed by atoms with Crippen LogP contribution in [0, 0.1) is 5.82 Å². The Labute approximate surface area is 242 Å². The lowest BCUT2D eigenvalue weighted by Crippen LogP contribution is -2.20. The molecule has 0 saturated carbocycles. The summed E-state index contributed by atoms with van der Waals surface area (Å²) in [6, 6.07) is 7.67. The van der Waals surface area contributed by atoms with Crippen molar-refractivity contribution >= 4 is 98.2 Å². The number of carboxylic acids is 2. The number of thioether (sulfide) groups is 2. The van der Waals surface area contributed by atoms with E-state index in [2.05, 4.69) is 25.5 Å². The predicted molar refractivity (Wildman–Crippen MR) is 148 cm³/mol. The lowest BCUT2D eigenvalue weighted by molar-refractivity contribution is -0.142. The van der Waals surface area contributed by atoms with Crippen LogP contribution >= 0.6 is 58.1 Å². The molecule has 4 rings (SSSR count). The fraction of sp³-hybridized carbons (Fsp3) is 0.174. The Bertz CT molecular complexity index is 1570. The van der Waals surface area contributed by atoms with Crippen LogP contribution in [-0.4, -0.2) is 59.1 Å². The minimum atomic E-state index is -1.26. The lowest BCUT2D eigenvalue weighted by Gasteiger charge is -2.11. The number of carboxylic acid groups (broad SMARTS) is 2. The largest absolute Gasteiger partial charge is 0.481 e. The summed E-state index contributed by atoms with van der Waals surface area (Å²) in [6.07, 6.45) is 0.867. The number of benzene rings is 2. The zero-order chi connectivity index (χ0) is 28.1. The molecule has 39 heavy (non-hydrogen) atoms. The van der Waals surface area contributed by atoms with Gasteiger partial charge in [-0.15, -0.1) is 10.2 Å². The molecular weight excluding hydrogens is 612 g/mol. The highest BCUT2D eigenvalue weighted by Crippen LogP contribution is 2.33. The second-order valence-corrected chi connectivity index (χ2v) is 12.3. The first kappa shape index (κ1) is 29.0. The Morgan fingerprint density at radius 2 is 1.79 bits per heavy atom. The second-order valence-electron chi connectivity index (χ2n) is 7.83. The highest BCUT2D eigenvalue weighted by molar-refractivity contribution is 8.04. The first-order valence-electron chi connectivity index (χ1n) is 10.8. The first-order valence-corrected chi connectivity index (χ1v) is 14.3. The molecule has 2 aromatic heterocycles. The predicted octanol–water partition coefficient (Wildman–Crippen LogP) is 5.59. The van der Waals surface area contributed by atoms with Crippen molar-refractivity contribution in [3.8, 4) is 0 Å². The molecule has 0 spiro atoms. The fourth-order valence-electron chi connectivity index (χ4n) is 3.24. The van der Waals surface area contributed by atoms with E-state index < -0.39 is 29.4 Å². The quantitative estimate of drug-likeness (QED) is 0.132. The van der Waals surface area contributed by atoms with Gasteiger partial charge in [-0.2, -0.15) is 0 Å². The minimum absolute atomic E-state index is 0.0782. The highest BCUT2D eigenvalue weighted by atomic mass is 35.5. The van der Waals surface area contributed by atoms with Crippen molar-refractivity contribution in [3.05, 3.63) is 58.1 Å². The van der Waals surface area contributed by atoms with Crippen LogP contribution < -0.4 is 5.32 Å². The highest BCUT2D eigenvalue weighted by Gasteiger charge is 2.24. The molecule has 0 bridgehead atoms. The topological polar surface area (TPSA) is 155 Å². The molecule has 4 aromatic rings.